The number of benzene rings is 1. The number of hydrogen-bond donors (Lipinski definition) is 1. The maximum Gasteiger partial charge on any atom is 0.415 e. The Labute approximate surface area is 110 Å². The van der Waals surface area contributed by atoms with E-state index in [1.54, 1.807) is 4.90 Å². The first kappa shape index (κ1) is 12.0. The van der Waals surface area contributed by atoms with Gasteiger partial charge in [0, 0.05) is 5.69 Å². The van der Waals surface area contributed by atoms with Gasteiger partial charge in [0.2, 0.25) is 0 Å². The molecule has 2 fully saturated rings. The third-order valence-electron chi connectivity index (χ3n) is 3.92. The highest BCUT2D eigenvalue weighted by atomic mass is 16.6. The first-order chi connectivity index (χ1) is 9.16. The summed E-state index contributed by atoms with van der Waals surface area (Å²) in [5.41, 5.74) is 0.769. The third-order valence-corrected chi connectivity index (χ3v) is 3.92. The lowest BCUT2D eigenvalue weighted by Gasteiger charge is -2.31. The maximum absolute atomic E-state index is 12.0. The molecule has 0 spiro atoms. The minimum absolute atomic E-state index is 0.162. The van der Waals surface area contributed by atoms with E-state index in [-0.39, 0.29) is 24.2 Å². The molecule has 1 saturated heterocycles. The summed E-state index contributed by atoms with van der Waals surface area (Å²) in [6, 6.07) is 9.11. The number of para-hydroxylation sites is 1. The van der Waals surface area contributed by atoms with Gasteiger partial charge >= 0.3 is 12.1 Å². The van der Waals surface area contributed by atoms with Gasteiger partial charge < -0.3 is 9.84 Å². The van der Waals surface area contributed by atoms with Gasteiger partial charge in [-0.1, -0.05) is 18.2 Å². The van der Waals surface area contributed by atoms with E-state index in [2.05, 4.69) is 0 Å². The Morgan fingerprint density at radius 2 is 2.00 bits per heavy atom. The van der Waals surface area contributed by atoms with Gasteiger partial charge in [-0.3, -0.25) is 9.69 Å². The summed E-state index contributed by atoms with van der Waals surface area (Å²) in [5, 5.41) is 9.14. The molecule has 0 bridgehead atoms. The average Bonchev–Trinajstić information content (AvgIpc) is 2.74. The van der Waals surface area contributed by atoms with Crippen LogP contribution >= 0.6 is 0 Å². The molecule has 1 aromatic carbocycles. The van der Waals surface area contributed by atoms with Crippen LogP contribution in [0.2, 0.25) is 0 Å². The van der Waals surface area contributed by atoms with Crippen molar-refractivity contribution in [3.63, 3.8) is 0 Å². The van der Waals surface area contributed by atoms with Crippen molar-refractivity contribution in [2.75, 3.05) is 4.90 Å². The summed E-state index contributed by atoms with van der Waals surface area (Å²) in [4.78, 5) is 24.7. The highest BCUT2D eigenvalue weighted by Gasteiger charge is 2.47. The summed E-state index contributed by atoms with van der Waals surface area (Å²) in [7, 11) is 0. The molecule has 1 N–H and O–H groups in total. The van der Waals surface area contributed by atoms with Crippen molar-refractivity contribution in [1.82, 2.24) is 0 Å². The van der Waals surface area contributed by atoms with Gasteiger partial charge in [0.25, 0.3) is 0 Å². The van der Waals surface area contributed by atoms with Crippen LogP contribution in [0, 0.1) is 5.92 Å². The van der Waals surface area contributed by atoms with E-state index < -0.39 is 5.97 Å². The fraction of sp³-hybridized carbons (Fsp3) is 0.429. The molecule has 5 nitrogen and oxygen atoms in total. The summed E-state index contributed by atoms with van der Waals surface area (Å²) in [5.74, 6) is -1.17. The van der Waals surface area contributed by atoms with Gasteiger partial charge in [-0.25, -0.2) is 4.79 Å². The number of carbonyl (C=O) groups excluding carboxylic acids is 1. The van der Waals surface area contributed by atoms with Crippen LogP contribution in [-0.4, -0.2) is 29.3 Å². The third kappa shape index (κ3) is 2.05. The number of rotatable bonds is 2. The summed E-state index contributed by atoms with van der Waals surface area (Å²) in [6.45, 7) is 0. The smallest absolute Gasteiger partial charge is 0.415 e. The number of nitrogens with zero attached hydrogens (tertiary/aromatic N) is 1. The Morgan fingerprint density at radius 3 is 2.68 bits per heavy atom. The molecule has 1 aliphatic heterocycles. The monoisotopic (exact) mass is 261 g/mol. The number of amides is 1. The molecule has 1 amide bonds. The van der Waals surface area contributed by atoms with Gasteiger partial charge in [0.1, 0.15) is 6.10 Å². The highest BCUT2D eigenvalue weighted by molar-refractivity contribution is 5.91. The zero-order valence-corrected chi connectivity index (χ0v) is 10.4. The van der Waals surface area contributed by atoms with Gasteiger partial charge in [-0.2, -0.15) is 0 Å². The predicted molar refractivity (Wildman–Crippen MR) is 68.0 cm³/mol. The molecule has 1 heterocycles. The van der Waals surface area contributed by atoms with Gasteiger partial charge in [0.15, 0.2) is 0 Å². The summed E-state index contributed by atoms with van der Waals surface area (Å²) in [6.07, 6.45) is 1.11. The van der Waals surface area contributed by atoms with E-state index in [4.69, 9.17) is 9.84 Å². The van der Waals surface area contributed by atoms with Crippen LogP contribution < -0.4 is 4.90 Å². The lowest BCUT2D eigenvalue weighted by molar-refractivity contribution is -0.143. The molecule has 19 heavy (non-hydrogen) atoms. The molecule has 0 radical (unpaired) electrons. The molecule has 100 valence electrons. The Kier molecular flexibility index (Phi) is 2.89. The second-order valence-corrected chi connectivity index (χ2v) is 5.04. The van der Waals surface area contributed by atoms with Crippen LogP contribution in [0.3, 0.4) is 0 Å². The first-order valence-corrected chi connectivity index (χ1v) is 6.44. The standard InChI is InChI=1S/C14H15NO4/c16-13(17)9-6-7-12-11(8-9)15(14(18)19-12)10-4-2-1-3-5-10/h1-5,9,11-12H,6-8H2,(H,16,17). The molecule has 2 aliphatic rings. The van der Waals surface area contributed by atoms with Crippen molar-refractivity contribution in [2.24, 2.45) is 5.92 Å². The lowest BCUT2D eigenvalue weighted by atomic mass is 9.83. The topological polar surface area (TPSA) is 66.8 Å². The largest absolute Gasteiger partial charge is 0.481 e. The molecule has 5 heteroatoms. The second kappa shape index (κ2) is 4.57. The van der Waals surface area contributed by atoms with Crippen LogP contribution in [0.1, 0.15) is 19.3 Å². The zero-order valence-electron chi connectivity index (χ0n) is 10.4. The number of ether oxygens (including phenoxy) is 1. The predicted octanol–water partition coefficient (Wildman–Crippen LogP) is 2.27. The minimum Gasteiger partial charge on any atom is -0.481 e. The zero-order chi connectivity index (χ0) is 13.4. The van der Waals surface area contributed by atoms with E-state index in [9.17, 15) is 9.59 Å². The van der Waals surface area contributed by atoms with Gasteiger partial charge in [0.05, 0.1) is 12.0 Å². The number of anilines is 1. The van der Waals surface area contributed by atoms with Gasteiger partial charge in [-0.05, 0) is 31.4 Å². The van der Waals surface area contributed by atoms with Crippen molar-refractivity contribution in [1.29, 1.82) is 0 Å². The highest BCUT2D eigenvalue weighted by Crippen LogP contribution is 2.37. The van der Waals surface area contributed by atoms with Crippen molar-refractivity contribution < 1.29 is 19.4 Å². The van der Waals surface area contributed by atoms with Crippen LogP contribution in [0.5, 0.6) is 0 Å². The van der Waals surface area contributed by atoms with Crippen molar-refractivity contribution in [3.05, 3.63) is 30.3 Å². The lowest BCUT2D eigenvalue weighted by Crippen LogP contribution is -2.42. The number of carboxylic acids is 1. The molecule has 0 aromatic heterocycles. The van der Waals surface area contributed by atoms with E-state index in [1.165, 1.54) is 0 Å². The Bertz CT molecular complexity index is 501. The molecule has 3 atom stereocenters. The molecule has 3 unspecified atom stereocenters. The fourth-order valence-corrected chi connectivity index (χ4v) is 2.96. The van der Waals surface area contributed by atoms with Crippen LogP contribution in [0.15, 0.2) is 30.3 Å². The molecule has 1 aromatic rings. The van der Waals surface area contributed by atoms with Crippen LogP contribution in [0.4, 0.5) is 10.5 Å². The Balaban J connectivity index is 1.88. The number of aliphatic carboxylic acids is 1. The number of carbonyl (C=O) groups is 2. The molecular formula is C14H15NO4. The van der Waals surface area contributed by atoms with Crippen LogP contribution in [-0.2, 0) is 9.53 Å². The van der Waals surface area contributed by atoms with Crippen molar-refractivity contribution in [3.8, 4) is 0 Å². The Morgan fingerprint density at radius 1 is 1.26 bits per heavy atom. The minimum atomic E-state index is -0.786. The van der Waals surface area contributed by atoms with E-state index in [1.807, 2.05) is 30.3 Å². The molecule has 3 rings (SSSR count). The SMILES string of the molecule is O=C(O)C1CCC2OC(=O)N(c3ccccc3)C2C1. The second-order valence-electron chi connectivity index (χ2n) is 5.04. The maximum atomic E-state index is 12.0. The van der Waals surface area contributed by atoms with E-state index in [0.717, 1.165) is 5.69 Å². The van der Waals surface area contributed by atoms with Crippen molar-refractivity contribution in [2.45, 2.75) is 31.4 Å². The first-order valence-electron chi connectivity index (χ1n) is 6.44. The van der Waals surface area contributed by atoms with Crippen molar-refractivity contribution >= 4 is 17.7 Å². The Hall–Kier alpha value is -2.04. The quantitative estimate of drug-likeness (QED) is 0.886. The molecule has 1 aliphatic carbocycles. The van der Waals surface area contributed by atoms with E-state index in [0.29, 0.717) is 19.3 Å². The summed E-state index contributed by atoms with van der Waals surface area (Å²) >= 11 is 0. The van der Waals surface area contributed by atoms with Crippen LogP contribution in [0.25, 0.3) is 0 Å². The summed E-state index contributed by atoms with van der Waals surface area (Å²) < 4.78 is 5.35. The number of hydrogen-bond acceptors (Lipinski definition) is 3. The normalized spacial score (nSPS) is 29.8. The fourth-order valence-electron chi connectivity index (χ4n) is 2.96. The number of fused-ring (bicyclic) bond motifs is 1. The number of carboxylic acid groups (broad SMARTS) is 1. The van der Waals surface area contributed by atoms with E-state index >= 15 is 0 Å². The van der Waals surface area contributed by atoms with Gasteiger partial charge in [-0.15, -0.1) is 0 Å². The molecular weight excluding hydrogens is 246 g/mol. The average molecular weight is 261 g/mol. The molecule has 1 saturated carbocycles.